The number of thiophene rings is 1. The molecule has 10 aromatic rings. The summed E-state index contributed by atoms with van der Waals surface area (Å²) in [4.78, 5) is 4.68. The van der Waals surface area contributed by atoms with Crippen molar-refractivity contribution in [2.24, 2.45) is 0 Å². The minimum Gasteiger partial charge on any atom is -0.453 e. The van der Waals surface area contributed by atoms with Crippen molar-refractivity contribution >= 4 is 65.6 Å². The maximum Gasteiger partial charge on any atom is 0.152 e. The molecule has 0 spiro atoms. The SMILES string of the molecule is CC1(C)c2ccccc2-c2ccc(N(c3ccc(-c4ccc5c(c4)Oc4ccccc4N5c4ccccc4)cc3)c3ccc(-c4ccc5sc6ccccc6c5c4)cc3)cc21. The molecular formula is C57H40N2OS. The quantitative estimate of drug-likeness (QED) is 0.167. The minimum atomic E-state index is -0.114. The summed E-state index contributed by atoms with van der Waals surface area (Å²) < 4.78 is 9.22. The molecule has 0 saturated heterocycles. The molecule has 1 aliphatic carbocycles. The Kier molecular flexibility index (Phi) is 8.06. The topological polar surface area (TPSA) is 15.7 Å². The highest BCUT2D eigenvalue weighted by molar-refractivity contribution is 7.25. The lowest BCUT2D eigenvalue weighted by Crippen LogP contribution is -2.16. The van der Waals surface area contributed by atoms with Gasteiger partial charge in [0.25, 0.3) is 0 Å². The average molecular weight is 801 g/mol. The van der Waals surface area contributed by atoms with E-state index in [-0.39, 0.29) is 5.41 Å². The number of fused-ring (bicyclic) bond motifs is 8. The zero-order valence-electron chi connectivity index (χ0n) is 33.8. The van der Waals surface area contributed by atoms with Crippen molar-refractivity contribution in [1.29, 1.82) is 0 Å². The molecule has 1 aliphatic heterocycles. The Bertz CT molecular complexity index is 3310. The largest absolute Gasteiger partial charge is 0.453 e. The molecule has 0 radical (unpaired) electrons. The molecule has 4 heteroatoms. The Hall–Kier alpha value is -7.40. The lowest BCUT2D eigenvalue weighted by molar-refractivity contribution is 0.477. The first-order valence-electron chi connectivity index (χ1n) is 20.9. The first-order chi connectivity index (χ1) is 30.0. The molecule has 2 heterocycles. The van der Waals surface area contributed by atoms with Gasteiger partial charge in [0.2, 0.25) is 0 Å². The highest BCUT2D eigenvalue weighted by Gasteiger charge is 2.36. The van der Waals surface area contributed by atoms with Crippen molar-refractivity contribution < 1.29 is 4.74 Å². The van der Waals surface area contributed by atoms with E-state index >= 15 is 0 Å². The molecule has 0 amide bonds. The molecular weight excluding hydrogens is 761 g/mol. The summed E-state index contributed by atoms with van der Waals surface area (Å²) in [7, 11) is 0. The second-order valence-electron chi connectivity index (χ2n) is 16.6. The van der Waals surface area contributed by atoms with Crippen LogP contribution < -0.4 is 14.5 Å². The van der Waals surface area contributed by atoms with E-state index in [4.69, 9.17) is 4.74 Å². The van der Waals surface area contributed by atoms with Gasteiger partial charge in [-0.05, 0) is 136 Å². The van der Waals surface area contributed by atoms with Gasteiger partial charge in [0.15, 0.2) is 11.5 Å². The second kappa shape index (κ2) is 13.8. The van der Waals surface area contributed by atoms with Crippen LogP contribution in [0.25, 0.3) is 53.6 Å². The van der Waals surface area contributed by atoms with Crippen LogP contribution in [0.5, 0.6) is 11.5 Å². The minimum absolute atomic E-state index is 0.114. The molecule has 61 heavy (non-hydrogen) atoms. The summed E-state index contributed by atoms with van der Waals surface area (Å²) in [6, 6.07) is 74.8. The van der Waals surface area contributed by atoms with E-state index < -0.39 is 0 Å². The predicted octanol–water partition coefficient (Wildman–Crippen LogP) is 16.7. The van der Waals surface area contributed by atoms with Crippen molar-refractivity contribution in [2.75, 3.05) is 9.80 Å². The Morgan fingerprint density at radius 1 is 0.426 bits per heavy atom. The number of rotatable bonds is 6. The highest BCUT2D eigenvalue weighted by Crippen LogP contribution is 2.53. The van der Waals surface area contributed by atoms with Gasteiger partial charge < -0.3 is 14.5 Å². The van der Waals surface area contributed by atoms with E-state index in [0.717, 1.165) is 56.8 Å². The fraction of sp³-hybridized carbons (Fsp3) is 0.0526. The van der Waals surface area contributed by atoms with Crippen LogP contribution in [-0.4, -0.2) is 0 Å². The molecule has 0 bridgehead atoms. The van der Waals surface area contributed by atoms with Crippen molar-refractivity contribution in [3.8, 4) is 44.9 Å². The van der Waals surface area contributed by atoms with Gasteiger partial charge in [0, 0.05) is 48.3 Å². The third-order valence-electron chi connectivity index (χ3n) is 12.7. The van der Waals surface area contributed by atoms with E-state index in [1.54, 1.807) is 0 Å². The molecule has 3 nitrogen and oxygen atoms in total. The fourth-order valence-corrected chi connectivity index (χ4v) is 10.7. The van der Waals surface area contributed by atoms with Crippen LogP contribution in [0.1, 0.15) is 25.0 Å². The summed E-state index contributed by atoms with van der Waals surface area (Å²) in [5, 5.41) is 2.63. The van der Waals surface area contributed by atoms with Gasteiger partial charge in [0.05, 0.1) is 11.4 Å². The number of anilines is 6. The number of hydrogen-bond acceptors (Lipinski definition) is 4. The van der Waals surface area contributed by atoms with Gasteiger partial charge in [-0.25, -0.2) is 0 Å². The van der Waals surface area contributed by atoms with E-state index in [1.807, 2.05) is 23.5 Å². The maximum absolute atomic E-state index is 6.57. The van der Waals surface area contributed by atoms with Crippen molar-refractivity contribution in [2.45, 2.75) is 19.3 Å². The monoisotopic (exact) mass is 800 g/mol. The number of nitrogens with zero attached hydrogens (tertiary/aromatic N) is 2. The van der Waals surface area contributed by atoms with Gasteiger partial charge >= 0.3 is 0 Å². The van der Waals surface area contributed by atoms with Crippen molar-refractivity contribution in [3.05, 3.63) is 217 Å². The summed E-state index contributed by atoms with van der Waals surface area (Å²) in [6.45, 7) is 4.70. The van der Waals surface area contributed by atoms with Gasteiger partial charge in [0.1, 0.15) is 0 Å². The summed E-state index contributed by atoms with van der Waals surface area (Å²) in [6.07, 6.45) is 0. The summed E-state index contributed by atoms with van der Waals surface area (Å²) in [5.74, 6) is 1.67. The Labute approximate surface area is 360 Å². The molecule has 290 valence electrons. The first kappa shape index (κ1) is 35.5. The highest BCUT2D eigenvalue weighted by atomic mass is 32.1. The third kappa shape index (κ3) is 5.78. The lowest BCUT2D eigenvalue weighted by Gasteiger charge is -2.33. The van der Waals surface area contributed by atoms with E-state index in [1.165, 1.54) is 53.6 Å². The molecule has 0 N–H and O–H groups in total. The van der Waals surface area contributed by atoms with Crippen LogP contribution in [0, 0.1) is 0 Å². The zero-order chi connectivity index (χ0) is 40.7. The molecule has 0 unspecified atom stereocenters. The molecule has 2 aliphatic rings. The number of benzene rings is 9. The number of ether oxygens (including phenoxy) is 1. The fourth-order valence-electron chi connectivity index (χ4n) is 9.58. The molecule has 0 saturated carbocycles. The standard InChI is InChI=1S/C57H40N2OS/c1-57(2)49-16-8-6-14-45(49)46-31-30-44(36-50(46)57)58(42-26-20-37(21-27-42)39-25-33-56-48(34-39)47-15-7-11-19-55(47)61-56)43-28-22-38(23-29-43)40-24-32-52-54(35-40)60-53-18-10-9-17-51(53)59(52)41-12-4-3-5-13-41/h3-36H,1-2H3. The molecule has 9 aromatic carbocycles. The van der Waals surface area contributed by atoms with Gasteiger partial charge in [-0.1, -0.05) is 129 Å². The smallest absolute Gasteiger partial charge is 0.152 e. The zero-order valence-corrected chi connectivity index (χ0v) is 34.7. The normalized spacial score (nSPS) is 13.3. The van der Waals surface area contributed by atoms with Crippen LogP contribution in [0.3, 0.4) is 0 Å². The average Bonchev–Trinajstić information content (AvgIpc) is 3.80. The second-order valence-corrected chi connectivity index (χ2v) is 17.6. The Balaban J connectivity index is 0.928. The van der Waals surface area contributed by atoms with Gasteiger partial charge in [-0.3, -0.25) is 0 Å². The lowest BCUT2D eigenvalue weighted by atomic mass is 9.82. The van der Waals surface area contributed by atoms with E-state index in [2.05, 4.69) is 218 Å². The summed E-state index contributed by atoms with van der Waals surface area (Å²) in [5.41, 5.74) is 16.4. The van der Waals surface area contributed by atoms with Crippen LogP contribution in [0.15, 0.2) is 206 Å². The molecule has 0 fully saturated rings. The third-order valence-corrected chi connectivity index (χ3v) is 13.8. The molecule has 1 aromatic heterocycles. The van der Waals surface area contributed by atoms with Crippen LogP contribution >= 0.6 is 11.3 Å². The Morgan fingerprint density at radius 3 is 1.82 bits per heavy atom. The van der Waals surface area contributed by atoms with Gasteiger partial charge in [-0.2, -0.15) is 0 Å². The first-order valence-corrected chi connectivity index (χ1v) is 21.7. The van der Waals surface area contributed by atoms with Crippen LogP contribution in [0.4, 0.5) is 34.1 Å². The summed E-state index contributed by atoms with van der Waals surface area (Å²) >= 11 is 1.86. The van der Waals surface area contributed by atoms with E-state index in [9.17, 15) is 0 Å². The predicted molar refractivity (Wildman–Crippen MR) is 257 cm³/mol. The Morgan fingerprint density at radius 2 is 1.02 bits per heavy atom. The van der Waals surface area contributed by atoms with Crippen molar-refractivity contribution in [3.63, 3.8) is 0 Å². The van der Waals surface area contributed by atoms with Crippen LogP contribution in [0.2, 0.25) is 0 Å². The van der Waals surface area contributed by atoms with Gasteiger partial charge in [-0.15, -0.1) is 11.3 Å². The van der Waals surface area contributed by atoms with E-state index in [0.29, 0.717) is 0 Å². The number of para-hydroxylation sites is 3. The molecule has 0 atom stereocenters. The maximum atomic E-state index is 6.57. The number of hydrogen-bond donors (Lipinski definition) is 0. The van der Waals surface area contributed by atoms with Crippen molar-refractivity contribution in [1.82, 2.24) is 0 Å². The van der Waals surface area contributed by atoms with Crippen LogP contribution in [-0.2, 0) is 5.41 Å². The molecule has 12 rings (SSSR count).